The van der Waals surface area contributed by atoms with E-state index >= 15 is 0 Å². The molecule has 7 heteroatoms. The second-order valence-electron chi connectivity index (χ2n) is 3.76. The normalized spacial score (nSPS) is 11.8. The van der Waals surface area contributed by atoms with E-state index in [1.54, 1.807) is 6.20 Å². The number of nitrogens with zero attached hydrogens (tertiary/aromatic N) is 1. The van der Waals surface area contributed by atoms with Crippen molar-refractivity contribution < 1.29 is 14.7 Å². The summed E-state index contributed by atoms with van der Waals surface area (Å²) < 4.78 is 0. The summed E-state index contributed by atoms with van der Waals surface area (Å²) >= 11 is 1.52. The molecule has 0 radical (unpaired) electrons. The maximum Gasteiger partial charge on any atom is 0.326 e. The number of amides is 2. The Morgan fingerprint density at radius 3 is 2.89 bits per heavy atom. The highest BCUT2D eigenvalue weighted by molar-refractivity contribution is 7.09. The molecule has 0 aliphatic heterocycles. The highest BCUT2D eigenvalue weighted by atomic mass is 32.1. The van der Waals surface area contributed by atoms with E-state index in [-0.39, 0.29) is 0 Å². The predicted molar refractivity (Wildman–Crippen MR) is 68.7 cm³/mol. The maximum atomic E-state index is 11.5. The number of aromatic nitrogens is 1. The zero-order valence-electron chi connectivity index (χ0n) is 10.2. The van der Waals surface area contributed by atoms with Crippen LogP contribution in [0.3, 0.4) is 0 Å². The van der Waals surface area contributed by atoms with E-state index in [0.29, 0.717) is 25.8 Å². The summed E-state index contributed by atoms with van der Waals surface area (Å²) in [6.07, 6.45) is 3.49. The number of thiazole rings is 1. The molecule has 0 saturated heterocycles. The van der Waals surface area contributed by atoms with Crippen LogP contribution in [-0.4, -0.2) is 34.7 Å². The largest absolute Gasteiger partial charge is 0.480 e. The number of aliphatic carboxylic acids is 1. The van der Waals surface area contributed by atoms with Crippen molar-refractivity contribution in [3.8, 4) is 0 Å². The van der Waals surface area contributed by atoms with Gasteiger partial charge in [-0.15, -0.1) is 11.3 Å². The van der Waals surface area contributed by atoms with E-state index in [2.05, 4.69) is 15.6 Å². The average Bonchev–Trinajstić information content (AvgIpc) is 2.81. The average molecular weight is 271 g/mol. The molecule has 0 unspecified atom stereocenters. The molecule has 0 bridgehead atoms. The van der Waals surface area contributed by atoms with Gasteiger partial charge in [0.1, 0.15) is 6.04 Å². The van der Waals surface area contributed by atoms with Gasteiger partial charge in [0.05, 0.1) is 5.01 Å². The Morgan fingerprint density at radius 1 is 1.56 bits per heavy atom. The van der Waals surface area contributed by atoms with Crippen LogP contribution in [-0.2, 0) is 11.2 Å². The SMILES string of the molecule is CCC[C@@H](NC(=O)NCCc1nccs1)C(=O)O. The summed E-state index contributed by atoms with van der Waals surface area (Å²) in [6.45, 7) is 2.32. The molecule has 18 heavy (non-hydrogen) atoms. The Morgan fingerprint density at radius 2 is 2.33 bits per heavy atom. The van der Waals surface area contributed by atoms with Crippen LogP contribution in [0.1, 0.15) is 24.8 Å². The molecule has 3 N–H and O–H groups in total. The predicted octanol–water partition coefficient (Wildman–Crippen LogP) is 1.24. The molecule has 0 fully saturated rings. The van der Waals surface area contributed by atoms with E-state index in [1.165, 1.54) is 11.3 Å². The van der Waals surface area contributed by atoms with Crippen LogP contribution in [0.4, 0.5) is 4.79 Å². The lowest BCUT2D eigenvalue weighted by atomic mass is 10.2. The van der Waals surface area contributed by atoms with Crippen LogP contribution in [0.2, 0.25) is 0 Å². The lowest BCUT2D eigenvalue weighted by Crippen LogP contribution is -2.46. The number of hydrogen-bond acceptors (Lipinski definition) is 4. The molecular formula is C11H17N3O3S. The quantitative estimate of drug-likeness (QED) is 0.695. The summed E-state index contributed by atoms with van der Waals surface area (Å²) in [4.78, 5) is 26.4. The Hall–Kier alpha value is -1.63. The van der Waals surface area contributed by atoms with Crippen molar-refractivity contribution in [1.29, 1.82) is 0 Å². The Bertz CT molecular complexity index is 381. The molecule has 1 rings (SSSR count). The monoisotopic (exact) mass is 271 g/mol. The van der Waals surface area contributed by atoms with Gasteiger partial charge in [0.2, 0.25) is 0 Å². The van der Waals surface area contributed by atoms with Crippen molar-refractivity contribution in [2.75, 3.05) is 6.54 Å². The highest BCUT2D eigenvalue weighted by Crippen LogP contribution is 2.03. The van der Waals surface area contributed by atoms with Crippen LogP contribution in [0.25, 0.3) is 0 Å². The fraction of sp³-hybridized carbons (Fsp3) is 0.545. The zero-order valence-corrected chi connectivity index (χ0v) is 11.0. The standard InChI is InChI=1S/C11H17N3O3S/c1-2-3-8(10(15)16)14-11(17)13-5-4-9-12-6-7-18-9/h6-8H,2-5H2,1H3,(H,15,16)(H2,13,14,17)/t8-/m1/s1. The second-order valence-corrected chi connectivity index (χ2v) is 4.73. The first-order valence-corrected chi connectivity index (χ1v) is 6.67. The van der Waals surface area contributed by atoms with E-state index < -0.39 is 18.0 Å². The van der Waals surface area contributed by atoms with Gasteiger partial charge in [0, 0.05) is 24.5 Å². The van der Waals surface area contributed by atoms with Crippen molar-refractivity contribution in [1.82, 2.24) is 15.6 Å². The number of carbonyl (C=O) groups is 2. The number of hydrogen-bond donors (Lipinski definition) is 3. The van der Waals surface area contributed by atoms with Crippen molar-refractivity contribution >= 4 is 23.3 Å². The first kappa shape index (κ1) is 14.4. The first-order chi connectivity index (χ1) is 8.63. The maximum absolute atomic E-state index is 11.5. The van der Waals surface area contributed by atoms with Gasteiger partial charge in [0.25, 0.3) is 0 Å². The Balaban J connectivity index is 2.25. The highest BCUT2D eigenvalue weighted by Gasteiger charge is 2.18. The molecule has 0 aromatic carbocycles. The van der Waals surface area contributed by atoms with Gasteiger partial charge < -0.3 is 15.7 Å². The summed E-state index contributed by atoms with van der Waals surface area (Å²) in [7, 11) is 0. The summed E-state index contributed by atoms with van der Waals surface area (Å²) in [5, 5.41) is 16.7. The van der Waals surface area contributed by atoms with Gasteiger partial charge in [-0.25, -0.2) is 14.6 Å². The van der Waals surface area contributed by atoms with Gasteiger partial charge in [-0.05, 0) is 6.42 Å². The number of nitrogens with one attached hydrogen (secondary N) is 2. The molecule has 0 aliphatic rings. The number of urea groups is 1. The van der Waals surface area contributed by atoms with Crippen LogP contribution in [0.15, 0.2) is 11.6 Å². The van der Waals surface area contributed by atoms with Gasteiger partial charge >= 0.3 is 12.0 Å². The first-order valence-electron chi connectivity index (χ1n) is 5.79. The third-order valence-electron chi connectivity index (χ3n) is 2.29. The molecule has 1 atom stereocenters. The zero-order chi connectivity index (χ0) is 13.4. The molecule has 1 aromatic rings. The molecule has 100 valence electrons. The molecule has 1 heterocycles. The van der Waals surface area contributed by atoms with Crippen molar-refractivity contribution in [2.24, 2.45) is 0 Å². The molecule has 6 nitrogen and oxygen atoms in total. The summed E-state index contributed by atoms with van der Waals surface area (Å²) in [5.41, 5.74) is 0. The van der Waals surface area contributed by atoms with E-state index in [9.17, 15) is 9.59 Å². The molecule has 0 saturated carbocycles. The molecule has 0 aliphatic carbocycles. The minimum absolute atomic E-state index is 0.426. The topological polar surface area (TPSA) is 91.3 Å². The van der Waals surface area contributed by atoms with Gasteiger partial charge in [-0.1, -0.05) is 13.3 Å². The van der Waals surface area contributed by atoms with Crippen molar-refractivity contribution in [3.05, 3.63) is 16.6 Å². The summed E-state index contributed by atoms with van der Waals surface area (Å²) in [5.74, 6) is -1.01. The Labute approximate surface area is 109 Å². The lowest BCUT2D eigenvalue weighted by Gasteiger charge is -2.13. The number of carboxylic acids is 1. The smallest absolute Gasteiger partial charge is 0.326 e. The van der Waals surface area contributed by atoms with Crippen LogP contribution in [0, 0.1) is 0 Å². The number of rotatable bonds is 7. The van der Waals surface area contributed by atoms with Gasteiger partial charge in [0.15, 0.2) is 0 Å². The van der Waals surface area contributed by atoms with E-state index in [0.717, 1.165) is 5.01 Å². The molecule has 2 amide bonds. The van der Waals surface area contributed by atoms with Crippen LogP contribution < -0.4 is 10.6 Å². The second kappa shape index (κ2) is 7.65. The number of carbonyl (C=O) groups excluding carboxylic acids is 1. The fourth-order valence-corrected chi connectivity index (χ4v) is 2.04. The summed E-state index contributed by atoms with van der Waals surface area (Å²) in [6, 6.07) is -1.28. The molecule has 1 aromatic heterocycles. The third kappa shape index (κ3) is 5.13. The van der Waals surface area contributed by atoms with Gasteiger partial charge in [-0.2, -0.15) is 0 Å². The van der Waals surface area contributed by atoms with Crippen LogP contribution >= 0.6 is 11.3 Å². The minimum Gasteiger partial charge on any atom is -0.480 e. The minimum atomic E-state index is -1.01. The molecular weight excluding hydrogens is 254 g/mol. The van der Waals surface area contributed by atoms with Gasteiger partial charge in [-0.3, -0.25) is 0 Å². The van der Waals surface area contributed by atoms with Crippen molar-refractivity contribution in [3.63, 3.8) is 0 Å². The van der Waals surface area contributed by atoms with E-state index in [4.69, 9.17) is 5.11 Å². The molecule has 0 spiro atoms. The lowest BCUT2D eigenvalue weighted by molar-refractivity contribution is -0.139. The Kier molecular flexibility index (Phi) is 6.13. The number of carboxylic acid groups (broad SMARTS) is 1. The van der Waals surface area contributed by atoms with Crippen molar-refractivity contribution in [2.45, 2.75) is 32.2 Å². The van der Waals surface area contributed by atoms with E-state index in [1.807, 2.05) is 12.3 Å². The van der Waals surface area contributed by atoms with Crippen LogP contribution in [0.5, 0.6) is 0 Å². The third-order valence-corrected chi connectivity index (χ3v) is 3.13. The fourth-order valence-electron chi connectivity index (χ4n) is 1.41.